The molecule has 0 amide bonds. The Labute approximate surface area is 207 Å². The minimum Gasteiger partial charge on any atom is -0.482 e. The zero-order valence-electron chi connectivity index (χ0n) is 19.7. The van der Waals surface area contributed by atoms with Crippen molar-refractivity contribution in [3.05, 3.63) is 53.1 Å². The molecule has 0 aromatic heterocycles. The zero-order valence-corrected chi connectivity index (χ0v) is 21.4. The van der Waals surface area contributed by atoms with Crippen molar-refractivity contribution in [1.82, 2.24) is 4.31 Å². The number of ether oxygens (including phenoxy) is 1. The van der Waals surface area contributed by atoms with Gasteiger partial charge in [-0.05, 0) is 68.5 Å². The second-order valence-electron chi connectivity index (χ2n) is 8.72. The van der Waals surface area contributed by atoms with Crippen molar-refractivity contribution in [3.63, 3.8) is 0 Å². The lowest BCUT2D eigenvalue weighted by Crippen LogP contribution is -2.34. The van der Waals surface area contributed by atoms with Crippen molar-refractivity contribution in [1.29, 1.82) is 0 Å². The van der Waals surface area contributed by atoms with Gasteiger partial charge in [0, 0.05) is 7.05 Å². The number of carbonyl (C=O) groups is 1. The summed E-state index contributed by atoms with van der Waals surface area (Å²) in [6.45, 7) is 1.99. The van der Waals surface area contributed by atoms with Crippen molar-refractivity contribution in [2.45, 2.75) is 60.4 Å². The average molecular weight is 550 g/mol. The predicted molar refractivity (Wildman–Crippen MR) is 124 cm³/mol. The summed E-state index contributed by atoms with van der Waals surface area (Å²) in [6, 6.07) is 5.64. The Morgan fingerprint density at radius 2 is 1.78 bits per heavy atom. The van der Waals surface area contributed by atoms with E-state index in [1.807, 2.05) is 0 Å². The van der Waals surface area contributed by atoms with Gasteiger partial charge in [0.15, 0.2) is 16.4 Å². The lowest BCUT2D eigenvalue weighted by atomic mass is 9.87. The number of sulfone groups is 1. The normalized spacial score (nSPS) is 16.7. The van der Waals surface area contributed by atoms with Crippen LogP contribution in [0.2, 0.25) is 0 Å². The predicted octanol–water partition coefficient (Wildman–Crippen LogP) is 4.05. The molecule has 0 fully saturated rings. The van der Waals surface area contributed by atoms with Gasteiger partial charge in [-0.25, -0.2) is 21.6 Å². The summed E-state index contributed by atoms with van der Waals surface area (Å²) < 4.78 is 99.4. The third-order valence-corrected chi connectivity index (χ3v) is 10.0. The van der Waals surface area contributed by atoms with Crippen molar-refractivity contribution < 1.29 is 44.6 Å². The maximum Gasteiger partial charge on any atom is 0.416 e. The van der Waals surface area contributed by atoms with Gasteiger partial charge in [0.2, 0.25) is 10.0 Å². The molecule has 1 atom stereocenters. The first-order valence-corrected chi connectivity index (χ1v) is 14.0. The number of hydrogen-bond acceptors (Lipinski definition) is 6. The lowest BCUT2D eigenvalue weighted by Gasteiger charge is -2.33. The molecule has 1 N–H and O–H groups in total. The van der Waals surface area contributed by atoms with Gasteiger partial charge in [-0.1, -0.05) is 12.1 Å². The number of sulfonamides is 1. The summed E-state index contributed by atoms with van der Waals surface area (Å²) in [5.41, 5.74) is -0.231. The van der Waals surface area contributed by atoms with Gasteiger partial charge >= 0.3 is 12.1 Å². The van der Waals surface area contributed by atoms with Gasteiger partial charge in [-0.2, -0.15) is 17.5 Å². The van der Waals surface area contributed by atoms with Crippen LogP contribution in [0.4, 0.5) is 13.2 Å². The third kappa shape index (κ3) is 5.52. The van der Waals surface area contributed by atoms with Crippen LogP contribution in [0.25, 0.3) is 0 Å². The van der Waals surface area contributed by atoms with Gasteiger partial charge in [-0.15, -0.1) is 0 Å². The van der Waals surface area contributed by atoms with Gasteiger partial charge in [0.1, 0.15) is 5.75 Å². The van der Waals surface area contributed by atoms with E-state index in [1.54, 1.807) is 18.2 Å². The third-order valence-electron chi connectivity index (χ3n) is 6.06. The monoisotopic (exact) mass is 549 g/mol. The highest BCUT2D eigenvalue weighted by molar-refractivity contribution is 7.92. The number of aliphatic carboxylic acids is 1. The molecule has 198 valence electrons. The maximum absolute atomic E-state index is 13.6. The largest absolute Gasteiger partial charge is 0.482 e. The maximum atomic E-state index is 13.6. The van der Waals surface area contributed by atoms with Gasteiger partial charge in [0.25, 0.3) is 0 Å². The van der Waals surface area contributed by atoms with Crippen LogP contribution in [-0.2, 0) is 37.3 Å². The Morgan fingerprint density at radius 3 is 2.36 bits per heavy atom. The van der Waals surface area contributed by atoms with Crippen LogP contribution in [0.15, 0.2) is 46.2 Å². The van der Waals surface area contributed by atoms with E-state index in [-0.39, 0.29) is 5.75 Å². The first-order chi connectivity index (χ1) is 16.6. The quantitative estimate of drug-likeness (QED) is 0.528. The summed E-state index contributed by atoms with van der Waals surface area (Å²) in [4.78, 5) is 9.39. The molecule has 1 aliphatic carbocycles. The minimum absolute atomic E-state index is 0.287. The molecule has 0 radical (unpaired) electrons. The molecule has 1 aliphatic rings. The number of halogens is 3. The minimum atomic E-state index is -4.97. The van der Waals surface area contributed by atoms with Crippen molar-refractivity contribution >= 4 is 25.8 Å². The SMILES string of the molecule is CC(C)S(=O)(=O)c1cc(C(F)(F)F)cc(S(=O)(=O)N(C)C2CCCc3c(OCC(=O)O)cccc32)c1. The summed E-state index contributed by atoms with van der Waals surface area (Å²) >= 11 is 0. The van der Waals surface area contributed by atoms with Crippen LogP contribution >= 0.6 is 0 Å². The van der Waals surface area contributed by atoms with Crippen molar-refractivity contribution in [3.8, 4) is 5.75 Å². The van der Waals surface area contributed by atoms with Crippen LogP contribution in [-0.4, -0.2) is 51.1 Å². The average Bonchev–Trinajstić information content (AvgIpc) is 2.80. The van der Waals surface area contributed by atoms with Crippen LogP contribution in [0.3, 0.4) is 0 Å². The van der Waals surface area contributed by atoms with E-state index in [1.165, 1.54) is 20.9 Å². The zero-order chi connectivity index (χ0) is 27.1. The first-order valence-electron chi connectivity index (χ1n) is 11.0. The Balaban J connectivity index is 2.10. The number of carboxylic acids is 1. The van der Waals surface area contributed by atoms with E-state index in [9.17, 15) is 34.8 Å². The molecule has 1 unspecified atom stereocenters. The van der Waals surface area contributed by atoms with E-state index < -0.39 is 65.3 Å². The summed E-state index contributed by atoms with van der Waals surface area (Å²) in [7, 11) is -7.57. The van der Waals surface area contributed by atoms with E-state index in [0.29, 0.717) is 42.5 Å². The number of rotatable bonds is 8. The molecule has 0 spiro atoms. The molecule has 0 heterocycles. The topological polar surface area (TPSA) is 118 Å². The molecule has 2 aromatic rings. The lowest BCUT2D eigenvalue weighted by molar-refractivity contribution is -0.139. The smallest absolute Gasteiger partial charge is 0.416 e. The second-order valence-corrected chi connectivity index (χ2v) is 13.2. The van der Waals surface area contributed by atoms with E-state index in [2.05, 4.69) is 0 Å². The molecule has 0 bridgehead atoms. The highest BCUT2D eigenvalue weighted by atomic mass is 32.2. The fraction of sp³-hybridized carbons (Fsp3) is 0.435. The van der Waals surface area contributed by atoms with E-state index >= 15 is 0 Å². The molecule has 0 aliphatic heterocycles. The number of nitrogens with zero attached hydrogens (tertiary/aromatic N) is 1. The number of carboxylic acid groups (broad SMARTS) is 1. The Bertz CT molecular complexity index is 1370. The van der Waals surface area contributed by atoms with Crippen molar-refractivity contribution in [2.24, 2.45) is 0 Å². The summed E-state index contributed by atoms with van der Waals surface area (Å²) in [6.07, 6.45) is -3.61. The molecule has 0 saturated carbocycles. The Kier molecular flexibility index (Phi) is 7.78. The molecular formula is C23H26F3NO7S2. The van der Waals surface area contributed by atoms with E-state index in [0.717, 1.165) is 10.4 Å². The Morgan fingerprint density at radius 1 is 1.14 bits per heavy atom. The number of fused-ring (bicyclic) bond motifs is 1. The molecule has 2 aromatic carbocycles. The standard InChI is InChI=1S/C23H26F3NO7S2/c1-14(2)35(30,31)16-10-15(23(24,25)26)11-17(12-16)36(32,33)27(3)20-8-4-7-19-18(20)6-5-9-21(19)34-13-22(28)29/h5-6,9-12,14,20H,4,7-8,13H2,1-3H3,(H,28,29). The highest BCUT2D eigenvalue weighted by Gasteiger charge is 2.38. The number of alkyl halides is 3. The van der Waals surface area contributed by atoms with Gasteiger partial charge < -0.3 is 9.84 Å². The fourth-order valence-corrected chi connectivity index (χ4v) is 6.74. The fourth-order valence-electron chi connectivity index (χ4n) is 4.10. The second kappa shape index (κ2) is 10.0. The van der Waals surface area contributed by atoms with E-state index in [4.69, 9.17) is 9.84 Å². The molecule has 8 nitrogen and oxygen atoms in total. The van der Waals surface area contributed by atoms with Crippen LogP contribution in [0.5, 0.6) is 5.75 Å². The van der Waals surface area contributed by atoms with Crippen molar-refractivity contribution in [2.75, 3.05) is 13.7 Å². The van der Waals surface area contributed by atoms with Crippen LogP contribution in [0.1, 0.15) is 49.4 Å². The Hall–Kier alpha value is -2.64. The molecule has 36 heavy (non-hydrogen) atoms. The molecular weight excluding hydrogens is 523 g/mol. The van der Waals surface area contributed by atoms with Crippen LogP contribution < -0.4 is 4.74 Å². The van der Waals surface area contributed by atoms with Gasteiger partial charge in [-0.3, -0.25) is 0 Å². The van der Waals surface area contributed by atoms with Gasteiger partial charge in [0.05, 0.1) is 26.6 Å². The molecule has 13 heteroatoms. The summed E-state index contributed by atoms with van der Waals surface area (Å²) in [5.74, 6) is -0.897. The molecule has 3 rings (SSSR count). The summed E-state index contributed by atoms with van der Waals surface area (Å²) in [5, 5.41) is 7.84. The van der Waals surface area contributed by atoms with Crippen LogP contribution in [0, 0.1) is 0 Å². The molecule has 0 saturated heterocycles. The number of hydrogen-bond donors (Lipinski definition) is 1. The highest BCUT2D eigenvalue weighted by Crippen LogP contribution is 2.41. The first kappa shape index (κ1) is 27.9. The number of benzene rings is 2.